The van der Waals surface area contributed by atoms with E-state index in [4.69, 9.17) is 0 Å². The molecule has 0 bridgehead atoms. The Hall–Kier alpha value is -3.28. The molecule has 1 aromatic heterocycles. The van der Waals surface area contributed by atoms with E-state index < -0.39 is 0 Å². The van der Waals surface area contributed by atoms with Gasteiger partial charge in [0, 0.05) is 17.8 Å². The van der Waals surface area contributed by atoms with Gasteiger partial charge in [0.25, 0.3) is 5.91 Å². The van der Waals surface area contributed by atoms with E-state index in [0.717, 1.165) is 17.8 Å². The quantitative estimate of drug-likeness (QED) is 0.744. The van der Waals surface area contributed by atoms with Crippen molar-refractivity contribution in [1.29, 1.82) is 0 Å². The average molecular weight is 350 g/mol. The molecule has 3 rings (SSSR count). The molecule has 1 N–H and O–H groups in total. The fourth-order valence-electron chi connectivity index (χ4n) is 2.60. The summed E-state index contributed by atoms with van der Waals surface area (Å²) in [6.45, 7) is 4.81. The van der Waals surface area contributed by atoms with Gasteiger partial charge in [-0.05, 0) is 67.9 Å². The Morgan fingerprint density at radius 1 is 1.08 bits per heavy atom. The fraction of sp³-hybridized carbons (Fsp3) is 0.150. The van der Waals surface area contributed by atoms with E-state index in [2.05, 4.69) is 21.6 Å². The van der Waals surface area contributed by atoms with Crippen molar-refractivity contribution in [2.24, 2.45) is 0 Å². The number of carbonyl (C=O) groups excluding carboxylic acids is 1. The summed E-state index contributed by atoms with van der Waals surface area (Å²) in [7, 11) is 0. The van der Waals surface area contributed by atoms with Crippen LogP contribution in [0.15, 0.2) is 60.7 Å². The van der Waals surface area contributed by atoms with E-state index >= 15 is 0 Å². The molecule has 3 aromatic rings. The van der Waals surface area contributed by atoms with Gasteiger partial charge in [0.05, 0.1) is 0 Å². The first kappa shape index (κ1) is 17.5. The number of nitrogens with zero attached hydrogens (tertiary/aromatic N) is 3. The molecule has 0 radical (unpaired) electrons. The van der Waals surface area contributed by atoms with E-state index in [-0.39, 0.29) is 11.7 Å². The second-order valence-corrected chi connectivity index (χ2v) is 5.82. The molecule has 0 saturated carbocycles. The Morgan fingerprint density at radius 3 is 2.46 bits per heavy atom. The zero-order valence-corrected chi connectivity index (χ0v) is 14.6. The summed E-state index contributed by atoms with van der Waals surface area (Å²) in [6.07, 6.45) is 0. The Kier molecular flexibility index (Phi) is 5.22. The number of nitrogens with one attached hydrogen (secondary N) is 1. The number of hydrogen-bond acceptors (Lipinski definition) is 4. The van der Waals surface area contributed by atoms with Crippen LogP contribution in [0.2, 0.25) is 0 Å². The van der Waals surface area contributed by atoms with Gasteiger partial charge in [-0.15, -0.1) is 10.2 Å². The molecule has 0 aliphatic rings. The van der Waals surface area contributed by atoms with Gasteiger partial charge in [-0.3, -0.25) is 4.79 Å². The first-order chi connectivity index (χ1) is 12.6. The monoisotopic (exact) mass is 350 g/mol. The summed E-state index contributed by atoms with van der Waals surface area (Å²) in [5.74, 6) is 0.279. The van der Waals surface area contributed by atoms with Crippen molar-refractivity contribution in [2.45, 2.75) is 13.8 Å². The zero-order valence-electron chi connectivity index (χ0n) is 14.6. The van der Waals surface area contributed by atoms with Crippen molar-refractivity contribution in [3.8, 4) is 0 Å². The highest BCUT2D eigenvalue weighted by Crippen LogP contribution is 2.24. The van der Waals surface area contributed by atoms with Crippen LogP contribution in [0.5, 0.6) is 0 Å². The standard InChI is InChI=1S/C20H19FN4O/c1-3-25(17-6-4-5-14(2)13-17)19-12-11-18(23-24-19)22-20(26)15-7-9-16(21)10-8-15/h4-13H,3H2,1-2H3,(H,22,23,26). The van der Waals surface area contributed by atoms with Crippen LogP contribution >= 0.6 is 0 Å². The molecular formula is C20H19FN4O. The maximum atomic E-state index is 12.9. The predicted molar refractivity (Wildman–Crippen MR) is 100 cm³/mol. The number of aryl methyl sites for hydroxylation is 1. The van der Waals surface area contributed by atoms with Crippen LogP contribution in [-0.4, -0.2) is 22.6 Å². The lowest BCUT2D eigenvalue weighted by Crippen LogP contribution is -2.19. The molecule has 0 aliphatic carbocycles. The first-order valence-corrected chi connectivity index (χ1v) is 8.31. The summed E-state index contributed by atoms with van der Waals surface area (Å²) in [5.41, 5.74) is 2.55. The lowest BCUT2D eigenvalue weighted by molar-refractivity contribution is 0.102. The minimum absolute atomic E-state index is 0.336. The SMILES string of the molecule is CCN(c1cccc(C)c1)c1ccc(NC(=O)c2ccc(F)cc2)nn1. The second kappa shape index (κ2) is 7.74. The summed E-state index contributed by atoms with van der Waals surface area (Å²) < 4.78 is 12.9. The number of rotatable bonds is 5. The van der Waals surface area contributed by atoms with Gasteiger partial charge in [-0.2, -0.15) is 0 Å². The van der Waals surface area contributed by atoms with Crippen molar-refractivity contribution in [3.63, 3.8) is 0 Å². The van der Waals surface area contributed by atoms with Crippen LogP contribution in [0.25, 0.3) is 0 Å². The number of benzene rings is 2. The minimum atomic E-state index is -0.387. The largest absolute Gasteiger partial charge is 0.325 e. The minimum Gasteiger partial charge on any atom is -0.325 e. The van der Waals surface area contributed by atoms with Gasteiger partial charge < -0.3 is 10.2 Å². The zero-order chi connectivity index (χ0) is 18.5. The molecule has 1 heterocycles. The Morgan fingerprint density at radius 2 is 1.85 bits per heavy atom. The van der Waals surface area contributed by atoms with Gasteiger partial charge >= 0.3 is 0 Å². The number of carbonyl (C=O) groups is 1. The highest BCUT2D eigenvalue weighted by Gasteiger charge is 2.11. The molecule has 0 saturated heterocycles. The summed E-state index contributed by atoms with van der Waals surface area (Å²) in [4.78, 5) is 14.2. The van der Waals surface area contributed by atoms with Crippen molar-refractivity contribution in [2.75, 3.05) is 16.8 Å². The third-order valence-corrected chi connectivity index (χ3v) is 3.90. The third-order valence-electron chi connectivity index (χ3n) is 3.90. The van der Waals surface area contributed by atoms with Gasteiger partial charge in [0.2, 0.25) is 0 Å². The second-order valence-electron chi connectivity index (χ2n) is 5.82. The normalized spacial score (nSPS) is 10.4. The lowest BCUT2D eigenvalue weighted by atomic mass is 10.2. The molecular weight excluding hydrogens is 331 g/mol. The molecule has 1 amide bonds. The highest BCUT2D eigenvalue weighted by molar-refractivity contribution is 6.03. The van der Waals surface area contributed by atoms with E-state index in [1.807, 2.05) is 36.9 Å². The molecule has 6 heteroatoms. The molecule has 0 aliphatic heterocycles. The average Bonchev–Trinajstić information content (AvgIpc) is 2.64. The molecule has 5 nitrogen and oxygen atoms in total. The van der Waals surface area contributed by atoms with E-state index in [1.54, 1.807) is 12.1 Å². The molecule has 0 atom stereocenters. The van der Waals surface area contributed by atoms with Gasteiger partial charge in [0.15, 0.2) is 11.6 Å². The smallest absolute Gasteiger partial charge is 0.256 e. The van der Waals surface area contributed by atoms with Crippen molar-refractivity contribution >= 4 is 23.2 Å². The molecule has 132 valence electrons. The van der Waals surface area contributed by atoms with Crippen molar-refractivity contribution < 1.29 is 9.18 Å². The molecule has 2 aromatic carbocycles. The molecule has 0 unspecified atom stereocenters. The topological polar surface area (TPSA) is 58.1 Å². The van der Waals surface area contributed by atoms with Crippen LogP contribution < -0.4 is 10.2 Å². The predicted octanol–water partition coefficient (Wildman–Crippen LogP) is 4.33. The van der Waals surface area contributed by atoms with E-state index in [1.165, 1.54) is 24.3 Å². The number of aromatic nitrogens is 2. The van der Waals surface area contributed by atoms with Crippen LogP contribution in [-0.2, 0) is 0 Å². The highest BCUT2D eigenvalue weighted by atomic mass is 19.1. The Balaban J connectivity index is 1.75. The first-order valence-electron chi connectivity index (χ1n) is 8.31. The summed E-state index contributed by atoms with van der Waals surface area (Å²) in [5, 5.41) is 11.0. The molecule has 0 spiro atoms. The molecule has 26 heavy (non-hydrogen) atoms. The fourth-order valence-corrected chi connectivity index (χ4v) is 2.60. The van der Waals surface area contributed by atoms with Crippen molar-refractivity contribution in [3.05, 3.63) is 77.6 Å². The summed E-state index contributed by atoms with van der Waals surface area (Å²) >= 11 is 0. The van der Waals surface area contributed by atoms with Gasteiger partial charge in [0.1, 0.15) is 5.82 Å². The van der Waals surface area contributed by atoms with Crippen LogP contribution in [0.1, 0.15) is 22.8 Å². The van der Waals surface area contributed by atoms with Crippen LogP contribution in [0.4, 0.5) is 21.7 Å². The van der Waals surface area contributed by atoms with Crippen molar-refractivity contribution in [1.82, 2.24) is 10.2 Å². The number of amides is 1. The lowest BCUT2D eigenvalue weighted by Gasteiger charge is -2.22. The maximum Gasteiger partial charge on any atom is 0.256 e. The third kappa shape index (κ3) is 4.03. The summed E-state index contributed by atoms with van der Waals surface area (Å²) in [6, 6.07) is 17.0. The number of hydrogen-bond donors (Lipinski definition) is 1. The van der Waals surface area contributed by atoms with E-state index in [0.29, 0.717) is 17.2 Å². The Labute approximate surface area is 151 Å². The van der Waals surface area contributed by atoms with Crippen LogP contribution in [0.3, 0.4) is 0 Å². The molecule has 0 fully saturated rings. The van der Waals surface area contributed by atoms with Gasteiger partial charge in [-0.25, -0.2) is 4.39 Å². The van der Waals surface area contributed by atoms with E-state index in [9.17, 15) is 9.18 Å². The maximum absolute atomic E-state index is 12.9. The Bertz CT molecular complexity index is 894. The van der Waals surface area contributed by atoms with Crippen LogP contribution in [0, 0.1) is 12.7 Å². The van der Waals surface area contributed by atoms with Gasteiger partial charge in [-0.1, -0.05) is 12.1 Å². The number of anilines is 3. The number of halogens is 1.